The quantitative estimate of drug-likeness (QED) is 0.346. The van der Waals surface area contributed by atoms with Crippen LogP contribution in [-0.4, -0.2) is 31.7 Å². The Bertz CT molecular complexity index is 494. The van der Waals surface area contributed by atoms with E-state index in [0.717, 1.165) is 0 Å². The third-order valence-corrected chi connectivity index (χ3v) is 2.70. The third-order valence-electron chi connectivity index (χ3n) is 1.95. The number of carbonyl (C=O) groups excluding carboxylic acids is 2. The van der Waals surface area contributed by atoms with Crippen LogP contribution in [0.5, 0.6) is 0 Å². The monoisotopic (exact) mass is 278 g/mol. The largest absolute Gasteiger partial charge is 1.00 e. The summed E-state index contributed by atoms with van der Waals surface area (Å²) in [6.07, 6.45) is 0. The van der Waals surface area contributed by atoms with E-state index in [2.05, 4.69) is 0 Å². The van der Waals surface area contributed by atoms with E-state index in [-0.39, 0.29) is 40.7 Å². The summed E-state index contributed by atoms with van der Waals surface area (Å²) in [6, 6.07) is 5.68. The van der Waals surface area contributed by atoms with Crippen molar-refractivity contribution in [2.75, 3.05) is 19.9 Å². The molecule has 0 saturated heterocycles. The van der Waals surface area contributed by atoms with E-state index in [0.29, 0.717) is 0 Å². The molecule has 0 aromatic heterocycles. The molecule has 18 heavy (non-hydrogen) atoms. The zero-order chi connectivity index (χ0) is 13.1. The van der Waals surface area contributed by atoms with E-state index in [4.69, 9.17) is 4.52 Å². The second-order valence-electron chi connectivity index (χ2n) is 3.78. The number of hydrogen-bond donors (Lipinski definition) is 0. The van der Waals surface area contributed by atoms with Crippen LogP contribution in [0, 0.1) is 0 Å². The van der Waals surface area contributed by atoms with Crippen LogP contribution < -0.4 is 34.7 Å². The van der Waals surface area contributed by atoms with Gasteiger partial charge in [-0.3, -0.25) is 9.36 Å². The molecule has 92 valence electrons. The molecular formula is C11H12NaO5P. The molecular weight excluding hydrogens is 266 g/mol. The molecule has 0 saturated carbocycles. The molecule has 1 aromatic carbocycles. The fourth-order valence-electron chi connectivity index (χ4n) is 1.20. The zero-order valence-electron chi connectivity index (χ0n) is 10.5. The smallest absolute Gasteiger partial charge is 0.545 e. The Morgan fingerprint density at radius 2 is 1.72 bits per heavy atom. The fourth-order valence-corrected chi connectivity index (χ4v) is 1.62. The van der Waals surface area contributed by atoms with Gasteiger partial charge in [0.15, 0.2) is 13.2 Å². The number of carboxylic acids is 1. The van der Waals surface area contributed by atoms with Crippen LogP contribution in [-0.2, 0) is 9.09 Å². The maximum atomic E-state index is 11.7. The summed E-state index contributed by atoms with van der Waals surface area (Å²) in [5.74, 6) is -1.96. The van der Waals surface area contributed by atoms with Crippen molar-refractivity contribution in [3.05, 3.63) is 35.4 Å². The van der Waals surface area contributed by atoms with E-state index in [1.165, 1.54) is 37.6 Å². The van der Waals surface area contributed by atoms with Gasteiger partial charge in [0.1, 0.15) is 6.61 Å². The summed E-state index contributed by atoms with van der Waals surface area (Å²) < 4.78 is 16.1. The van der Waals surface area contributed by atoms with Gasteiger partial charge in [-0.15, -0.1) is 0 Å². The average molecular weight is 278 g/mol. The van der Waals surface area contributed by atoms with E-state index in [1.807, 2.05) is 0 Å². The standard InChI is InChI=1S/C11H13O5P.Na/c1-17(2,15)16-7-10(12)8-5-3-4-6-9(8)11(13)14;/h3-6H,7H2,1-2H3,(H,13,14);/q;+1/p-1. The van der Waals surface area contributed by atoms with Gasteiger partial charge in [0.2, 0.25) is 0 Å². The van der Waals surface area contributed by atoms with Gasteiger partial charge in [0.25, 0.3) is 0 Å². The topological polar surface area (TPSA) is 83.5 Å². The number of ketones is 1. The average Bonchev–Trinajstić information content (AvgIpc) is 2.25. The molecule has 0 aliphatic carbocycles. The summed E-state index contributed by atoms with van der Waals surface area (Å²) in [4.78, 5) is 22.4. The van der Waals surface area contributed by atoms with Crippen LogP contribution in [0.2, 0.25) is 0 Å². The van der Waals surface area contributed by atoms with Gasteiger partial charge < -0.3 is 14.4 Å². The number of aromatic carboxylic acids is 1. The van der Waals surface area contributed by atoms with Gasteiger partial charge in [-0.2, -0.15) is 0 Å². The minimum atomic E-state index is -2.76. The van der Waals surface area contributed by atoms with E-state index in [1.54, 1.807) is 0 Å². The summed E-state index contributed by atoms with van der Waals surface area (Å²) >= 11 is 0. The Balaban J connectivity index is 0.00000289. The Morgan fingerprint density at radius 3 is 2.17 bits per heavy atom. The molecule has 5 nitrogen and oxygen atoms in total. The first kappa shape index (κ1) is 17.6. The minimum absolute atomic E-state index is 0. The van der Waals surface area contributed by atoms with Crippen LogP contribution in [0.15, 0.2) is 24.3 Å². The maximum absolute atomic E-state index is 11.7. The fraction of sp³-hybridized carbons (Fsp3) is 0.273. The molecule has 0 amide bonds. The van der Waals surface area contributed by atoms with Crippen molar-refractivity contribution in [3.63, 3.8) is 0 Å². The molecule has 0 heterocycles. The van der Waals surface area contributed by atoms with Crippen LogP contribution >= 0.6 is 7.37 Å². The second kappa shape index (κ2) is 7.22. The van der Waals surface area contributed by atoms with Gasteiger partial charge in [-0.05, 0) is 0 Å². The van der Waals surface area contributed by atoms with Gasteiger partial charge in [-0.1, -0.05) is 24.3 Å². The predicted molar refractivity (Wildman–Crippen MR) is 60.5 cm³/mol. The SMILES string of the molecule is CP(C)(=O)OCC(=O)c1ccccc1C(=O)[O-].[Na+]. The molecule has 7 heteroatoms. The first-order valence-electron chi connectivity index (χ1n) is 4.84. The number of benzene rings is 1. The summed E-state index contributed by atoms with van der Waals surface area (Å²) in [6.45, 7) is 2.35. The van der Waals surface area contributed by atoms with E-state index in [9.17, 15) is 19.3 Å². The van der Waals surface area contributed by atoms with Crippen LogP contribution in [0.1, 0.15) is 20.7 Å². The summed E-state index contributed by atoms with van der Waals surface area (Å²) in [5, 5.41) is 10.8. The van der Waals surface area contributed by atoms with Crippen LogP contribution in [0.25, 0.3) is 0 Å². The molecule has 0 N–H and O–H groups in total. The van der Waals surface area contributed by atoms with Gasteiger partial charge in [-0.25, -0.2) is 0 Å². The Morgan fingerprint density at radius 1 is 1.22 bits per heavy atom. The molecule has 1 aromatic rings. The molecule has 0 spiro atoms. The number of rotatable bonds is 5. The normalized spacial score (nSPS) is 10.6. The van der Waals surface area contributed by atoms with Gasteiger partial charge in [0, 0.05) is 24.5 Å². The van der Waals surface area contributed by atoms with Crippen molar-refractivity contribution in [1.82, 2.24) is 0 Å². The summed E-state index contributed by atoms with van der Waals surface area (Å²) in [7, 11) is -2.76. The number of carboxylic acid groups (broad SMARTS) is 1. The Labute approximate surface area is 127 Å². The summed E-state index contributed by atoms with van der Waals surface area (Å²) in [5.41, 5.74) is -0.191. The zero-order valence-corrected chi connectivity index (χ0v) is 13.4. The molecule has 0 radical (unpaired) electrons. The molecule has 1 rings (SSSR count). The second-order valence-corrected chi connectivity index (χ2v) is 6.54. The Kier molecular flexibility index (Phi) is 7.04. The first-order valence-corrected chi connectivity index (χ1v) is 7.36. The maximum Gasteiger partial charge on any atom is 1.00 e. The number of hydrogen-bond acceptors (Lipinski definition) is 5. The van der Waals surface area contributed by atoms with Crippen LogP contribution in [0.3, 0.4) is 0 Å². The van der Waals surface area contributed by atoms with Crippen molar-refractivity contribution < 1.29 is 53.3 Å². The van der Waals surface area contributed by atoms with Crippen molar-refractivity contribution >= 4 is 19.1 Å². The van der Waals surface area contributed by atoms with Crippen molar-refractivity contribution in [3.8, 4) is 0 Å². The van der Waals surface area contributed by atoms with Crippen molar-refractivity contribution in [2.45, 2.75) is 0 Å². The minimum Gasteiger partial charge on any atom is -0.545 e. The molecule has 0 aliphatic heterocycles. The first-order chi connectivity index (χ1) is 7.81. The van der Waals surface area contributed by atoms with Crippen LogP contribution in [0.4, 0.5) is 0 Å². The number of Topliss-reactive ketones (excluding diaryl/α,β-unsaturated/α-hetero) is 1. The number of carbonyl (C=O) groups is 2. The van der Waals surface area contributed by atoms with Gasteiger partial charge >= 0.3 is 29.6 Å². The van der Waals surface area contributed by atoms with Gasteiger partial charge in [0.05, 0.1) is 5.97 Å². The van der Waals surface area contributed by atoms with E-state index < -0.39 is 25.7 Å². The molecule has 0 aliphatic rings. The predicted octanol–water partition coefficient (Wildman–Crippen LogP) is -2.21. The molecule has 0 fully saturated rings. The van der Waals surface area contributed by atoms with Crippen molar-refractivity contribution in [1.29, 1.82) is 0 Å². The van der Waals surface area contributed by atoms with E-state index >= 15 is 0 Å². The van der Waals surface area contributed by atoms with Crippen molar-refractivity contribution in [2.24, 2.45) is 0 Å². The third kappa shape index (κ3) is 5.46. The Hall–Kier alpha value is -0.450. The molecule has 0 unspecified atom stereocenters. The molecule has 0 bridgehead atoms. The molecule has 0 atom stereocenters.